The second-order valence-electron chi connectivity index (χ2n) is 7.65. The van der Waals surface area contributed by atoms with Crippen molar-refractivity contribution < 1.29 is 14.6 Å². The first-order valence-corrected chi connectivity index (χ1v) is 11.9. The summed E-state index contributed by atoms with van der Waals surface area (Å²) >= 11 is 2.23. The highest BCUT2D eigenvalue weighted by atomic mass is 127. The number of carbonyl (C=O) groups excluding carboxylic acids is 1. The largest absolute Gasteiger partial charge is 0.494 e. The van der Waals surface area contributed by atoms with Crippen molar-refractivity contribution in [2.45, 2.75) is 32.7 Å². The van der Waals surface area contributed by atoms with Crippen LogP contribution >= 0.6 is 22.6 Å². The molecule has 1 aromatic heterocycles. The molecule has 0 radical (unpaired) electrons. The molecule has 1 aliphatic heterocycles. The number of hydrogen-bond acceptors (Lipinski definition) is 6. The van der Waals surface area contributed by atoms with Crippen LogP contribution in [0.15, 0.2) is 59.8 Å². The van der Waals surface area contributed by atoms with E-state index in [1.54, 1.807) is 4.68 Å². The quantitative estimate of drug-likeness (QED) is 0.359. The average molecular weight is 559 g/mol. The highest BCUT2D eigenvalue weighted by molar-refractivity contribution is 14.1. The molecule has 1 unspecified atom stereocenters. The first-order chi connectivity index (χ1) is 16.0. The smallest absolute Gasteiger partial charge is 0.255 e. The Balaban J connectivity index is 1.73. The van der Waals surface area contributed by atoms with Gasteiger partial charge in [0.05, 0.1) is 12.2 Å². The molecule has 8 nitrogen and oxygen atoms in total. The van der Waals surface area contributed by atoms with Crippen LogP contribution in [0.4, 0.5) is 11.6 Å². The normalized spacial score (nSPS) is 15.1. The first-order valence-electron chi connectivity index (χ1n) is 10.8. The minimum absolute atomic E-state index is 0.0700. The number of amides is 1. The van der Waals surface area contributed by atoms with E-state index < -0.39 is 6.04 Å². The van der Waals surface area contributed by atoms with E-state index in [0.29, 0.717) is 42.5 Å². The topological polar surface area (TPSA) is 101 Å². The third-order valence-electron chi connectivity index (χ3n) is 5.31. The van der Waals surface area contributed by atoms with Gasteiger partial charge in [0.25, 0.3) is 5.91 Å². The Morgan fingerprint density at radius 1 is 1.21 bits per heavy atom. The lowest BCUT2D eigenvalue weighted by Crippen LogP contribution is -2.31. The first kappa shape index (κ1) is 23.2. The van der Waals surface area contributed by atoms with Crippen molar-refractivity contribution in [1.29, 1.82) is 0 Å². The highest BCUT2D eigenvalue weighted by Crippen LogP contribution is 2.36. The van der Waals surface area contributed by atoms with Crippen LogP contribution in [-0.4, -0.2) is 39.0 Å². The summed E-state index contributed by atoms with van der Waals surface area (Å²) in [5, 5.41) is 20.1. The van der Waals surface area contributed by atoms with Crippen molar-refractivity contribution >= 4 is 40.1 Å². The fourth-order valence-electron chi connectivity index (χ4n) is 3.79. The van der Waals surface area contributed by atoms with Gasteiger partial charge in [-0.05, 0) is 84.8 Å². The number of aliphatic hydroxyl groups is 1. The summed E-state index contributed by atoms with van der Waals surface area (Å²) in [5.74, 6) is 1.75. The van der Waals surface area contributed by atoms with Gasteiger partial charge in [0.15, 0.2) is 5.82 Å². The van der Waals surface area contributed by atoms with E-state index in [0.717, 1.165) is 20.6 Å². The van der Waals surface area contributed by atoms with Crippen molar-refractivity contribution in [2.75, 3.05) is 23.8 Å². The maximum atomic E-state index is 13.5. The summed E-state index contributed by atoms with van der Waals surface area (Å²) < 4.78 is 8.43. The molecule has 0 saturated heterocycles. The number of hydrogen-bond donors (Lipinski definition) is 3. The number of nitrogens with one attached hydrogen (secondary N) is 2. The van der Waals surface area contributed by atoms with Gasteiger partial charge < -0.3 is 20.5 Å². The molecular formula is C24H26IN5O3. The van der Waals surface area contributed by atoms with Crippen molar-refractivity contribution in [3.8, 4) is 5.75 Å². The predicted octanol–water partition coefficient (Wildman–Crippen LogP) is 4.13. The van der Waals surface area contributed by atoms with Crippen LogP contribution in [0, 0.1) is 3.57 Å². The molecule has 1 aliphatic rings. The molecule has 0 bridgehead atoms. The Morgan fingerprint density at radius 2 is 1.94 bits per heavy atom. The van der Waals surface area contributed by atoms with E-state index in [1.165, 1.54) is 0 Å². The zero-order valence-electron chi connectivity index (χ0n) is 18.5. The van der Waals surface area contributed by atoms with E-state index >= 15 is 0 Å². The number of aromatic nitrogens is 3. The Labute approximate surface area is 206 Å². The fraction of sp³-hybridized carbons (Fsp3) is 0.292. The van der Waals surface area contributed by atoms with Gasteiger partial charge in [-0.3, -0.25) is 4.79 Å². The van der Waals surface area contributed by atoms with Gasteiger partial charge in [-0.15, -0.1) is 0 Å². The monoisotopic (exact) mass is 559 g/mol. The van der Waals surface area contributed by atoms with Gasteiger partial charge in [-0.25, -0.2) is 4.68 Å². The molecule has 3 aromatic rings. The molecule has 2 heterocycles. The number of ether oxygens (including phenoxy) is 1. The van der Waals surface area contributed by atoms with E-state index in [-0.39, 0.29) is 12.5 Å². The Bertz CT molecular complexity index is 1160. The number of fused-ring (bicyclic) bond motifs is 1. The average Bonchev–Trinajstić information content (AvgIpc) is 3.21. The van der Waals surface area contributed by atoms with Gasteiger partial charge in [0.1, 0.15) is 11.8 Å². The summed E-state index contributed by atoms with van der Waals surface area (Å²) in [7, 11) is 0. The third-order valence-corrected chi connectivity index (χ3v) is 6.03. The summed E-state index contributed by atoms with van der Waals surface area (Å²) in [6, 6.07) is 14.9. The third kappa shape index (κ3) is 5.19. The zero-order valence-corrected chi connectivity index (χ0v) is 20.7. The number of benzene rings is 2. The molecular weight excluding hydrogens is 533 g/mol. The molecule has 3 N–H and O–H groups in total. The minimum atomic E-state index is -0.462. The predicted molar refractivity (Wildman–Crippen MR) is 135 cm³/mol. The summed E-state index contributed by atoms with van der Waals surface area (Å²) in [4.78, 5) is 18.1. The zero-order chi connectivity index (χ0) is 23.4. The number of halogens is 1. The van der Waals surface area contributed by atoms with Crippen LogP contribution in [0.1, 0.15) is 37.7 Å². The van der Waals surface area contributed by atoms with Crippen LogP contribution in [0.25, 0.3) is 0 Å². The Morgan fingerprint density at radius 3 is 2.61 bits per heavy atom. The molecule has 172 valence electrons. The maximum absolute atomic E-state index is 13.5. The molecule has 33 heavy (non-hydrogen) atoms. The summed E-state index contributed by atoms with van der Waals surface area (Å²) in [6.07, 6.45) is 1.13. The molecule has 4 rings (SSSR count). The van der Waals surface area contributed by atoms with Crippen LogP contribution in [0.3, 0.4) is 0 Å². The molecule has 1 atom stereocenters. The Kier molecular flexibility index (Phi) is 7.29. The van der Waals surface area contributed by atoms with Crippen LogP contribution < -0.4 is 15.4 Å². The molecule has 0 saturated carbocycles. The van der Waals surface area contributed by atoms with Crippen molar-refractivity contribution in [3.05, 3.63) is 74.8 Å². The van der Waals surface area contributed by atoms with Gasteiger partial charge >= 0.3 is 0 Å². The number of nitrogens with zero attached hydrogens (tertiary/aromatic N) is 3. The molecule has 9 heteroatoms. The van der Waals surface area contributed by atoms with Crippen molar-refractivity contribution in [2.24, 2.45) is 0 Å². The van der Waals surface area contributed by atoms with E-state index in [1.807, 2.05) is 62.4 Å². The second-order valence-corrected chi connectivity index (χ2v) is 8.90. The highest BCUT2D eigenvalue weighted by Gasteiger charge is 2.34. The van der Waals surface area contributed by atoms with E-state index in [9.17, 15) is 9.90 Å². The molecule has 0 aliphatic carbocycles. The summed E-state index contributed by atoms with van der Waals surface area (Å²) in [5.41, 5.74) is 2.89. The standard InChI is InChI=1S/C24H26IN5O3/c1-3-33-19-12-6-16(7-13-19)22-21(23(32)27-18-10-8-17(25)9-11-18)15(2)26-24-28-20(5-4-14-31)29-30(22)24/h6-13,22,31H,3-5,14H2,1-2H3,(H,27,32)(H,26,28,29). The molecule has 0 fully saturated rings. The lowest BCUT2D eigenvalue weighted by molar-refractivity contribution is -0.113. The number of allylic oxidation sites excluding steroid dienone is 1. The van der Waals surface area contributed by atoms with Crippen molar-refractivity contribution in [1.82, 2.24) is 14.8 Å². The lowest BCUT2D eigenvalue weighted by atomic mass is 9.95. The number of anilines is 2. The molecule has 2 aromatic carbocycles. The minimum Gasteiger partial charge on any atom is -0.494 e. The second kappa shape index (κ2) is 10.3. The van der Waals surface area contributed by atoms with Gasteiger partial charge in [0, 0.05) is 28.0 Å². The number of aryl methyl sites for hydroxylation is 1. The van der Waals surface area contributed by atoms with Gasteiger partial charge in [-0.1, -0.05) is 12.1 Å². The SMILES string of the molecule is CCOc1ccc(C2C(C(=O)Nc3ccc(I)cc3)=C(C)Nc3nc(CCCO)nn32)cc1. The molecule has 0 spiro atoms. The summed E-state index contributed by atoms with van der Waals surface area (Å²) in [6.45, 7) is 4.46. The van der Waals surface area contributed by atoms with Crippen LogP contribution in [-0.2, 0) is 11.2 Å². The van der Waals surface area contributed by atoms with Gasteiger partial charge in [-0.2, -0.15) is 10.1 Å². The number of carbonyl (C=O) groups is 1. The van der Waals surface area contributed by atoms with E-state index in [2.05, 4.69) is 43.3 Å². The lowest BCUT2D eigenvalue weighted by Gasteiger charge is -2.28. The van der Waals surface area contributed by atoms with Crippen molar-refractivity contribution in [3.63, 3.8) is 0 Å². The van der Waals surface area contributed by atoms with E-state index in [4.69, 9.17) is 4.74 Å². The van der Waals surface area contributed by atoms with Gasteiger partial charge in [0.2, 0.25) is 5.95 Å². The number of aliphatic hydroxyl groups excluding tert-OH is 1. The maximum Gasteiger partial charge on any atom is 0.255 e. The van der Waals surface area contributed by atoms with Crippen LogP contribution in [0.5, 0.6) is 5.75 Å². The van der Waals surface area contributed by atoms with Crippen LogP contribution in [0.2, 0.25) is 0 Å². The number of rotatable bonds is 8. The fourth-order valence-corrected chi connectivity index (χ4v) is 4.14. The molecule has 1 amide bonds. The Hall–Kier alpha value is -2.92.